The summed E-state index contributed by atoms with van der Waals surface area (Å²) in [6, 6.07) is 8.52. The summed E-state index contributed by atoms with van der Waals surface area (Å²) in [6.45, 7) is 2.16. The highest BCUT2D eigenvalue weighted by atomic mass is 15.3. The van der Waals surface area contributed by atoms with Gasteiger partial charge in [-0.3, -0.25) is 0 Å². The minimum Gasteiger partial charge on any atom is -0.314 e. The Balaban J connectivity index is 1.59. The molecule has 3 heteroatoms. The number of hydrogen-bond donors (Lipinski definition) is 0. The first-order valence-electron chi connectivity index (χ1n) is 9.10. The monoisotopic (exact) mass is 307 g/mol. The van der Waals surface area contributed by atoms with Crippen molar-refractivity contribution in [3.63, 3.8) is 0 Å². The summed E-state index contributed by atoms with van der Waals surface area (Å²) < 4.78 is 2.30. The second-order valence-electron chi connectivity index (χ2n) is 8.42. The molecule has 6 rings (SSSR count). The highest BCUT2D eigenvalue weighted by molar-refractivity contribution is 5.60. The van der Waals surface area contributed by atoms with Crippen LogP contribution < -0.4 is 0 Å². The molecule has 2 aromatic rings. The topological polar surface area (TPSA) is 30.7 Å². The fourth-order valence-corrected chi connectivity index (χ4v) is 6.23. The van der Waals surface area contributed by atoms with E-state index in [9.17, 15) is 0 Å². The normalized spacial score (nSPS) is 35.0. The summed E-state index contributed by atoms with van der Waals surface area (Å²) >= 11 is 0. The van der Waals surface area contributed by atoms with Crippen LogP contribution >= 0.6 is 0 Å². The van der Waals surface area contributed by atoms with Gasteiger partial charge in [-0.15, -0.1) is 10.2 Å². The van der Waals surface area contributed by atoms with E-state index in [2.05, 4.69) is 47.9 Å². The van der Waals surface area contributed by atoms with Gasteiger partial charge in [-0.2, -0.15) is 0 Å². The van der Waals surface area contributed by atoms with E-state index in [1.54, 1.807) is 0 Å². The maximum absolute atomic E-state index is 4.74. The molecule has 0 radical (unpaired) electrons. The molecular formula is C20H25N3. The molecular weight excluding hydrogens is 282 g/mol. The first kappa shape index (κ1) is 13.8. The van der Waals surface area contributed by atoms with Gasteiger partial charge in [0.2, 0.25) is 0 Å². The number of hydrogen-bond acceptors (Lipinski definition) is 2. The molecule has 0 saturated heterocycles. The standard InChI is InChI=1S/C20H25N3/c1-13-5-3-4-6-17(13)18-21-22-19(23(18)2)20-10-14-7-15(11-20)9-16(8-14)12-20/h3-6,14-16H,7-12H2,1-2H3. The average Bonchev–Trinajstić information content (AvgIpc) is 2.89. The Bertz CT molecular complexity index is 723. The Morgan fingerprint density at radius 3 is 2.17 bits per heavy atom. The van der Waals surface area contributed by atoms with E-state index in [4.69, 9.17) is 5.10 Å². The smallest absolute Gasteiger partial charge is 0.163 e. The molecule has 4 aliphatic carbocycles. The van der Waals surface area contributed by atoms with E-state index >= 15 is 0 Å². The molecule has 0 amide bonds. The Kier molecular flexibility index (Phi) is 2.80. The van der Waals surface area contributed by atoms with Gasteiger partial charge in [0.25, 0.3) is 0 Å². The minimum atomic E-state index is 0.317. The first-order chi connectivity index (χ1) is 11.1. The predicted molar refractivity (Wildman–Crippen MR) is 91.0 cm³/mol. The molecule has 1 aromatic carbocycles. The van der Waals surface area contributed by atoms with Crippen LogP contribution in [-0.4, -0.2) is 14.8 Å². The number of nitrogens with zero attached hydrogens (tertiary/aromatic N) is 3. The van der Waals surface area contributed by atoms with Crippen molar-refractivity contribution in [1.82, 2.24) is 14.8 Å². The van der Waals surface area contributed by atoms with Crippen molar-refractivity contribution < 1.29 is 0 Å². The molecule has 23 heavy (non-hydrogen) atoms. The molecule has 120 valence electrons. The summed E-state index contributed by atoms with van der Waals surface area (Å²) in [5.74, 6) is 5.13. The lowest BCUT2D eigenvalue weighted by atomic mass is 9.49. The molecule has 1 aromatic heterocycles. The molecule has 0 spiro atoms. The third-order valence-electron chi connectivity index (χ3n) is 6.77. The van der Waals surface area contributed by atoms with E-state index in [1.807, 2.05) is 0 Å². The number of aryl methyl sites for hydroxylation is 1. The minimum absolute atomic E-state index is 0.317. The van der Waals surface area contributed by atoms with Crippen LogP contribution in [0.15, 0.2) is 24.3 Å². The highest BCUT2D eigenvalue weighted by Gasteiger charge is 2.53. The van der Waals surface area contributed by atoms with Crippen LogP contribution in [0.1, 0.15) is 49.9 Å². The lowest BCUT2D eigenvalue weighted by molar-refractivity contribution is -0.0107. The second kappa shape index (κ2) is 4.68. The van der Waals surface area contributed by atoms with Gasteiger partial charge < -0.3 is 4.57 Å². The molecule has 0 unspecified atom stereocenters. The van der Waals surface area contributed by atoms with Crippen LogP contribution in [-0.2, 0) is 12.5 Å². The van der Waals surface area contributed by atoms with Crippen molar-refractivity contribution in [1.29, 1.82) is 0 Å². The van der Waals surface area contributed by atoms with Gasteiger partial charge in [0.1, 0.15) is 5.82 Å². The van der Waals surface area contributed by atoms with Crippen molar-refractivity contribution in [3.8, 4) is 11.4 Å². The average molecular weight is 307 g/mol. The third-order valence-corrected chi connectivity index (χ3v) is 6.77. The SMILES string of the molecule is Cc1ccccc1-c1nnc(C23CC4CC(CC(C4)C2)C3)n1C. The van der Waals surface area contributed by atoms with Crippen LogP contribution in [0, 0.1) is 24.7 Å². The zero-order chi connectivity index (χ0) is 15.6. The summed E-state index contributed by atoms with van der Waals surface area (Å²) in [5, 5.41) is 9.35. The Morgan fingerprint density at radius 1 is 0.957 bits per heavy atom. The molecule has 0 aliphatic heterocycles. The summed E-state index contributed by atoms with van der Waals surface area (Å²) in [6.07, 6.45) is 8.46. The van der Waals surface area contributed by atoms with Gasteiger partial charge in [-0.1, -0.05) is 24.3 Å². The maximum atomic E-state index is 4.74. The van der Waals surface area contributed by atoms with Gasteiger partial charge >= 0.3 is 0 Å². The van der Waals surface area contributed by atoms with E-state index in [0.29, 0.717) is 5.41 Å². The van der Waals surface area contributed by atoms with Crippen molar-refractivity contribution in [2.75, 3.05) is 0 Å². The van der Waals surface area contributed by atoms with Crippen molar-refractivity contribution >= 4 is 0 Å². The van der Waals surface area contributed by atoms with Crippen LogP contribution in [0.3, 0.4) is 0 Å². The molecule has 4 aliphatic rings. The Morgan fingerprint density at radius 2 is 1.57 bits per heavy atom. The molecule has 4 bridgehead atoms. The van der Waals surface area contributed by atoms with Crippen molar-refractivity contribution in [2.24, 2.45) is 24.8 Å². The Hall–Kier alpha value is -1.64. The lowest BCUT2D eigenvalue weighted by Crippen LogP contribution is -2.49. The van der Waals surface area contributed by atoms with Gasteiger partial charge in [-0.05, 0) is 68.8 Å². The van der Waals surface area contributed by atoms with Crippen LogP contribution in [0.5, 0.6) is 0 Å². The first-order valence-corrected chi connectivity index (χ1v) is 9.10. The summed E-state index contributed by atoms with van der Waals surface area (Å²) in [7, 11) is 2.18. The van der Waals surface area contributed by atoms with Crippen molar-refractivity contribution in [2.45, 2.75) is 50.9 Å². The molecule has 3 nitrogen and oxygen atoms in total. The Labute approximate surface area is 138 Å². The number of rotatable bonds is 2. The second-order valence-corrected chi connectivity index (χ2v) is 8.42. The van der Waals surface area contributed by atoms with Crippen LogP contribution in [0.2, 0.25) is 0 Å². The zero-order valence-corrected chi connectivity index (χ0v) is 14.1. The molecule has 1 heterocycles. The number of aromatic nitrogens is 3. The van der Waals surface area contributed by atoms with Gasteiger partial charge in [0, 0.05) is 18.0 Å². The van der Waals surface area contributed by atoms with E-state index in [0.717, 1.165) is 23.6 Å². The maximum Gasteiger partial charge on any atom is 0.163 e. The van der Waals surface area contributed by atoms with Gasteiger partial charge in [0.05, 0.1) is 0 Å². The van der Waals surface area contributed by atoms with E-state index in [-0.39, 0.29) is 0 Å². The van der Waals surface area contributed by atoms with E-state index in [1.165, 1.54) is 55.5 Å². The zero-order valence-electron chi connectivity index (χ0n) is 14.1. The predicted octanol–water partition coefficient (Wildman–Crippen LogP) is 4.26. The lowest BCUT2D eigenvalue weighted by Gasteiger charge is -2.56. The third kappa shape index (κ3) is 1.95. The van der Waals surface area contributed by atoms with Crippen LogP contribution in [0.4, 0.5) is 0 Å². The van der Waals surface area contributed by atoms with Gasteiger partial charge in [0.15, 0.2) is 5.82 Å². The number of benzene rings is 1. The fourth-order valence-electron chi connectivity index (χ4n) is 6.23. The summed E-state index contributed by atoms with van der Waals surface area (Å²) in [4.78, 5) is 0. The van der Waals surface area contributed by atoms with Crippen molar-refractivity contribution in [3.05, 3.63) is 35.7 Å². The van der Waals surface area contributed by atoms with Gasteiger partial charge in [-0.25, -0.2) is 0 Å². The molecule has 0 N–H and O–H groups in total. The fraction of sp³-hybridized carbons (Fsp3) is 0.600. The quantitative estimate of drug-likeness (QED) is 0.830. The molecule has 4 fully saturated rings. The molecule has 4 saturated carbocycles. The molecule has 0 atom stereocenters. The highest BCUT2D eigenvalue weighted by Crippen LogP contribution is 2.60. The summed E-state index contributed by atoms with van der Waals surface area (Å²) in [5.41, 5.74) is 2.82. The largest absolute Gasteiger partial charge is 0.314 e. The van der Waals surface area contributed by atoms with Crippen LogP contribution in [0.25, 0.3) is 11.4 Å². The van der Waals surface area contributed by atoms with E-state index < -0.39 is 0 Å².